The van der Waals surface area contributed by atoms with Crippen LogP contribution in [0.4, 0.5) is 5.69 Å². The van der Waals surface area contributed by atoms with E-state index >= 15 is 0 Å². The number of carbonyl (C=O) groups is 1. The van der Waals surface area contributed by atoms with Crippen molar-refractivity contribution in [1.82, 2.24) is 5.32 Å². The minimum atomic E-state index is 0.0289. The third kappa shape index (κ3) is 2.52. The Labute approximate surface area is 115 Å². The molecule has 1 aromatic rings. The number of carbonyl (C=O) groups excluding carboxylic acids is 1. The van der Waals surface area contributed by atoms with Gasteiger partial charge in [0, 0.05) is 18.3 Å². The van der Waals surface area contributed by atoms with Gasteiger partial charge >= 0.3 is 0 Å². The van der Waals surface area contributed by atoms with Crippen LogP contribution in [0.1, 0.15) is 36.8 Å². The molecule has 1 aliphatic carbocycles. The van der Waals surface area contributed by atoms with Gasteiger partial charge in [0.25, 0.3) is 0 Å². The summed E-state index contributed by atoms with van der Waals surface area (Å²) in [4.78, 5) is 14.6. The number of nitrogens with zero attached hydrogens (tertiary/aromatic N) is 1. The molecule has 0 bridgehead atoms. The maximum atomic E-state index is 12.6. The van der Waals surface area contributed by atoms with Crippen LogP contribution in [0.25, 0.3) is 0 Å². The lowest BCUT2D eigenvalue weighted by molar-refractivity contribution is -0.121. The van der Waals surface area contributed by atoms with Crippen LogP contribution in [0.2, 0.25) is 0 Å². The molecule has 0 spiro atoms. The molecule has 1 saturated carbocycles. The summed E-state index contributed by atoms with van der Waals surface area (Å²) in [5.41, 5.74) is 3.57. The number of hydrogen-bond donors (Lipinski definition) is 1. The van der Waals surface area contributed by atoms with Gasteiger partial charge in [0.05, 0.1) is 6.04 Å². The molecule has 1 aliphatic heterocycles. The van der Waals surface area contributed by atoms with Gasteiger partial charge in [-0.15, -0.1) is 0 Å². The van der Waals surface area contributed by atoms with Gasteiger partial charge in [-0.2, -0.15) is 0 Å². The van der Waals surface area contributed by atoms with Crippen molar-refractivity contribution >= 4 is 11.6 Å². The molecule has 3 rings (SSSR count). The van der Waals surface area contributed by atoms with Crippen molar-refractivity contribution in [1.29, 1.82) is 0 Å². The van der Waals surface area contributed by atoms with Gasteiger partial charge in [-0.1, -0.05) is 12.1 Å². The highest BCUT2D eigenvalue weighted by molar-refractivity contribution is 5.98. The van der Waals surface area contributed by atoms with E-state index in [0.29, 0.717) is 6.04 Å². The summed E-state index contributed by atoms with van der Waals surface area (Å²) in [6, 6.07) is 6.84. The normalized spacial score (nSPS) is 23.8. The first-order valence-electron chi connectivity index (χ1n) is 7.30. The molecule has 1 aromatic carbocycles. The van der Waals surface area contributed by atoms with Crippen LogP contribution in [0, 0.1) is 13.8 Å². The number of rotatable bonds is 3. The standard InChI is InChI=1S/C16H22N2O/c1-11-5-3-7-15(12(11)2)18-10-4-6-14(16(18)19)17-13-8-9-13/h3,5,7,13-14,17H,4,6,8-10H2,1-2H3. The summed E-state index contributed by atoms with van der Waals surface area (Å²) < 4.78 is 0. The highest BCUT2D eigenvalue weighted by atomic mass is 16.2. The molecule has 3 heteroatoms. The van der Waals surface area contributed by atoms with Gasteiger partial charge in [-0.05, 0) is 56.7 Å². The first kappa shape index (κ1) is 12.7. The van der Waals surface area contributed by atoms with Gasteiger partial charge < -0.3 is 10.2 Å². The van der Waals surface area contributed by atoms with Crippen LogP contribution >= 0.6 is 0 Å². The van der Waals surface area contributed by atoms with Crippen molar-refractivity contribution in [2.24, 2.45) is 0 Å². The van der Waals surface area contributed by atoms with Crippen molar-refractivity contribution < 1.29 is 4.79 Å². The monoisotopic (exact) mass is 258 g/mol. The van der Waals surface area contributed by atoms with Gasteiger partial charge in [-0.25, -0.2) is 0 Å². The second-order valence-corrected chi connectivity index (χ2v) is 5.84. The zero-order valence-electron chi connectivity index (χ0n) is 11.8. The number of benzene rings is 1. The van der Waals surface area contributed by atoms with Crippen molar-refractivity contribution in [3.63, 3.8) is 0 Å². The Kier molecular flexibility index (Phi) is 3.31. The number of piperidine rings is 1. The Bertz CT molecular complexity index is 494. The highest BCUT2D eigenvalue weighted by Gasteiger charge is 2.34. The van der Waals surface area contributed by atoms with E-state index in [2.05, 4.69) is 31.3 Å². The summed E-state index contributed by atoms with van der Waals surface area (Å²) in [5.74, 6) is 0.256. The zero-order valence-corrected chi connectivity index (χ0v) is 11.8. The van der Waals surface area contributed by atoms with E-state index in [-0.39, 0.29) is 11.9 Å². The van der Waals surface area contributed by atoms with Crippen LogP contribution in [-0.4, -0.2) is 24.5 Å². The molecule has 0 aromatic heterocycles. The fraction of sp³-hybridized carbons (Fsp3) is 0.562. The van der Waals surface area contributed by atoms with Crippen LogP contribution in [-0.2, 0) is 4.79 Å². The third-order valence-corrected chi connectivity index (χ3v) is 4.32. The van der Waals surface area contributed by atoms with Crippen LogP contribution in [0.5, 0.6) is 0 Å². The van der Waals surface area contributed by atoms with Crippen molar-refractivity contribution in [3.8, 4) is 0 Å². The van der Waals surface area contributed by atoms with E-state index in [1.165, 1.54) is 24.0 Å². The van der Waals surface area contributed by atoms with E-state index < -0.39 is 0 Å². The van der Waals surface area contributed by atoms with E-state index in [4.69, 9.17) is 0 Å². The summed E-state index contributed by atoms with van der Waals surface area (Å²) >= 11 is 0. The molecule has 1 saturated heterocycles. The van der Waals surface area contributed by atoms with Crippen molar-refractivity contribution in [2.45, 2.75) is 51.6 Å². The Morgan fingerprint density at radius 3 is 2.74 bits per heavy atom. The number of hydrogen-bond acceptors (Lipinski definition) is 2. The third-order valence-electron chi connectivity index (χ3n) is 4.32. The second kappa shape index (κ2) is 4.97. The van der Waals surface area contributed by atoms with E-state index in [1.807, 2.05) is 11.0 Å². The Balaban J connectivity index is 1.82. The molecule has 1 unspecified atom stereocenters. The highest BCUT2D eigenvalue weighted by Crippen LogP contribution is 2.28. The summed E-state index contributed by atoms with van der Waals surface area (Å²) in [5, 5.41) is 3.49. The average Bonchev–Trinajstić information content (AvgIpc) is 3.20. The Hall–Kier alpha value is -1.35. The predicted octanol–water partition coefficient (Wildman–Crippen LogP) is 2.55. The summed E-state index contributed by atoms with van der Waals surface area (Å²) in [6.07, 6.45) is 4.53. The fourth-order valence-corrected chi connectivity index (χ4v) is 2.83. The quantitative estimate of drug-likeness (QED) is 0.903. The molecule has 3 nitrogen and oxygen atoms in total. The minimum absolute atomic E-state index is 0.0289. The lowest BCUT2D eigenvalue weighted by Gasteiger charge is -2.34. The molecule has 1 N–H and O–H groups in total. The Morgan fingerprint density at radius 1 is 1.21 bits per heavy atom. The average molecular weight is 258 g/mol. The van der Waals surface area contributed by atoms with Crippen molar-refractivity contribution in [2.75, 3.05) is 11.4 Å². The SMILES string of the molecule is Cc1cccc(N2CCCC(NC3CC3)C2=O)c1C. The maximum absolute atomic E-state index is 12.6. The Morgan fingerprint density at radius 2 is 2.00 bits per heavy atom. The van der Waals surface area contributed by atoms with Gasteiger partial charge in [0.1, 0.15) is 0 Å². The molecule has 2 fully saturated rings. The molecule has 1 heterocycles. The summed E-state index contributed by atoms with van der Waals surface area (Å²) in [6.45, 7) is 5.06. The van der Waals surface area contributed by atoms with Crippen LogP contribution < -0.4 is 10.2 Å². The zero-order chi connectivity index (χ0) is 13.4. The van der Waals surface area contributed by atoms with Crippen molar-refractivity contribution in [3.05, 3.63) is 29.3 Å². The molecule has 0 radical (unpaired) electrons. The van der Waals surface area contributed by atoms with Gasteiger partial charge in [0.2, 0.25) is 5.91 Å². The minimum Gasteiger partial charge on any atom is -0.311 e. The topological polar surface area (TPSA) is 32.3 Å². The lowest BCUT2D eigenvalue weighted by Crippen LogP contribution is -2.51. The summed E-state index contributed by atoms with van der Waals surface area (Å²) in [7, 11) is 0. The number of nitrogens with one attached hydrogen (secondary N) is 1. The smallest absolute Gasteiger partial charge is 0.244 e. The number of anilines is 1. The van der Waals surface area contributed by atoms with Gasteiger partial charge in [-0.3, -0.25) is 4.79 Å². The van der Waals surface area contributed by atoms with E-state index in [0.717, 1.165) is 25.1 Å². The first-order chi connectivity index (χ1) is 9.16. The number of aryl methyl sites for hydroxylation is 1. The molecule has 102 valence electrons. The fourth-order valence-electron chi connectivity index (χ4n) is 2.83. The van der Waals surface area contributed by atoms with Crippen LogP contribution in [0.15, 0.2) is 18.2 Å². The predicted molar refractivity (Wildman–Crippen MR) is 77.4 cm³/mol. The molecule has 1 amide bonds. The van der Waals surface area contributed by atoms with E-state index in [9.17, 15) is 4.79 Å². The molecule has 2 aliphatic rings. The maximum Gasteiger partial charge on any atom is 0.244 e. The largest absolute Gasteiger partial charge is 0.311 e. The number of amides is 1. The van der Waals surface area contributed by atoms with Gasteiger partial charge in [0.15, 0.2) is 0 Å². The molecular weight excluding hydrogens is 236 g/mol. The van der Waals surface area contributed by atoms with E-state index in [1.54, 1.807) is 0 Å². The second-order valence-electron chi connectivity index (χ2n) is 5.84. The molecule has 19 heavy (non-hydrogen) atoms. The van der Waals surface area contributed by atoms with Crippen LogP contribution in [0.3, 0.4) is 0 Å². The molecular formula is C16H22N2O. The molecule has 1 atom stereocenters. The first-order valence-corrected chi connectivity index (χ1v) is 7.30. The lowest BCUT2D eigenvalue weighted by atomic mass is 10.0.